The standard InChI is InChI=1S/C15H20BNO4S.C9H8BrNO2S.C9H7Br/c1-14(2)15(3,4)21-16(20-14)12-7-6-8-13-11(12)9-10-17(13)22(5,18)19;1-14(12,13)11-6-5-7-8(10)3-2-4-9(7)11;10-9-6-2-4-7-3-1-5-8(7)9/h6-10H,1-5H3;2-6H,1H3;1-2,4-6H,3H2. The first-order chi connectivity index (χ1) is 21.4. The molecule has 7 rings (SSSR count). The normalized spacial score (nSPS) is 16.6. The van der Waals surface area contributed by atoms with Crippen molar-refractivity contribution in [2.24, 2.45) is 0 Å². The molecule has 2 aliphatic rings. The Morgan fingerprint density at radius 2 is 1.20 bits per heavy atom. The molecule has 1 aliphatic heterocycles. The van der Waals surface area contributed by atoms with Gasteiger partial charge in [-0.15, -0.1) is 0 Å². The number of nitrogens with zero attached hydrogens (tertiary/aromatic N) is 2. The number of hydrogen-bond acceptors (Lipinski definition) is 6. The van der Waals surface area contributed by atoms with Gasteiger partial charge < -0.3 is 9.31 Å². The summed E-state index contributed by atoms with van der Waals surface area (Å²) in [7, 11) is -7.05. The number of halogens is 2. The topological polar surface area (TPSA) is 96.6 Å². The first-order valence-corrected chi connectivity index (χ1v) is 19.8. The maximum absolute atomic E-state index is 11.8. The molecule has 8 nitrogen and oxygen atoms in total. The van der Waals surface area contributed by atoms with Crippen LogP contribution >= 0.6 is 31.9 Å². The van der Waals surface area contributed by atoms with Crippen molar-refractivity contribution in [2.75, 3.05) is 12.5 Å². The van der Waals surface area contributed by atoms with E-state index in [1.807, 2.05) is 52.0 Å². The van der Waals surface area contributed by atoms with Crippen LogP contribution in [-0.2, 0) is 35.8 Å². The van der Waals surface area contributed by atoms with Crippen LogP contribution in [0.15, 0.2) is 94.1 Å². The van der Waals surface area contributed by atoms with E-state index in [0.717, 1.165) is 27.1 Å². The molecule has 1 aliphatic carbocycles. The van der Waals surface area contributed by atoms with Gasteiger partial charge in [-0.1, -0.05) is 74.3 Å². The molecule has 3 heterocycles. The fraction of sp³-hybridized carbons (Fsp3) is 0.273. The lowest BCUT2D eigenvalue weighted by Crippen LogP contribution is -2.41. The van der Waals surface area contributed by atoms with Crippen molar-refractivity contribution in [1.82, 2.24) is 7.94 Å². The molecule has 0 radical (unpaired) electrons. The van der Waals surface area contributed by atoms with Crippen molar-refractivity contribution < 1.29 is 26.1 Å². The molecular formula is C33H35BBr2N2O6S2. The molecule has 13 heteroatoms. The van der Waals surface area contributed by atoms with Crippen molar-refractivity contribution in [1.29, 1.82) is 0 Å². The summed E-state index contributed by atoms with van der Waals surface area (Å²) in [5.74, 6) is 0. The highest BCUT2D eigenvalue weighted by Gasteiger charge is 2.52. The third-order valence-electron chi connectivity index (χ3n) is 8.36. The van der Waals surface area contributed by atoms with Gasteiger partial charge in [0, 0.05) is 32.1 Å². The fourth-order valence-electron chi connectivity index (χ4n) is 5.28. The summed E-state index contributed by atoms with van der Waals surface area (Å²) in [6.07, 6.45) is 10.9. The van der Waals surface area contributed by atoms with Crippen LogP contribution in [0.5, 0.6) is 0 Å². The van der Waals surface area contributed by atoms with Crippen molar-refractivity contribution in [3.63, 3.8) is 0 Å². The molecule has 0 amide bonds. The van der Waals surface area contributed by atoms with Gasteiger partial charge in [-0.3, -0.25) is 0 Å². The van der Waals surface area contributed by atoms with Crippen LogP contribution in [-0.4, -0.2) is 55.6 Å². The van der Waals surface area contributed by atoms with Crippen molar-refractivity contribution >= 4 is 92.4 Å². The van der Waals surface area contributed by atoms with Gasteiger partial charge in [0.25, 0.3) is 0 Å². The van der Waals surface area contributed by atoms with E-state index in [1.54, 1.807) is 36.7 Å². The molecular weight excluding hydrogens is 755 g/mol. The minimum absolute atomic E-state index is 0.431. The largest absolute Gasteiger partial charge is 0.495 e. The molecule has 3 aromatic carbocycles. The molecule has 46 heavy (non-hydrogen) atoms. The van der Waals surface area contributed by atoms with E-state index >= 15 is 0 Å². The molecule has 0 bridgehead atoms. The zero-order valence-electron chi connectivity index (χ0n) is 26.4. The highest BCUT2D eigenvalue weighted by atomic mass is 79.9. The Bertz CT molecular complexity index is 2170. The lowest BCUT2D eigenvalue weighted by Gasteiger charge is -2.32. The van der Waals surface area contributed by atoms with Crippen molar-refractivity contribution in [3.05, 3.63) is 105 Å². The average Bonchev–Trinajstić information content (AvgIpc) is 3.73. The van der Waals surface area contributed by atoms with Gasteiger partial charge in [-0.05, 0) is 87.1 Å². The lowest BCUT2D eigenvalue weighted by molar-refractivity contribution is 0.00578. The molecule has 0 unspecified atom stereocenters. The van der Waals surface area contributed by atoms with Crippen LogP contribution in [0.2, 0.25) is 0 Å². The number of hydrogen-bond donors (Lipinski definition) is 0. The Morgan fingerprint density at radius 1 is 0.696 bits per heavy atom. The second-order valence-corrected chi connectivity index (χ2v) is 17.6. The number of rotatable bonds is 3. The number of benzene rings is 3. The van der Waals surface area contributed by atoms with Gasteiger partial charge in [0.15, 0.2) is 0 Å². The fourth-order valence-corrected chi connectivity index (χ4v) is 7.90. The van der Waals surface area contributed by atoms with Crippen molar-refractivity contribution in [2.45, 2.75) is 45.3 Å². The van der Waals surface area contributed by atoms with Crippen molar-refractivity contribution in [3.8, 4) is 0 Å². The van der Waals surface area contributed by atoms with E-state index in [1.165, 1.54) is 36.1 Å². The van der Waals surface area contributed by atoms with Crippen LogP contribution in [0.4, 0.5) is 0 Å². The van der Waals surface area contributed by atoms with E-state index < -0.39 is 38.4 Å². The number of aromatic nitrogens is 2. The highest BCUT2D eigenvalue weighted by Crippen LogP contribution is 2.37. The van der Waals surface area contributed by atoms with E-state index in [2.05, 4.69) is 62.2 Å². The molecule has 5 aromatic rings. The molecule has 0 spiro atoms. The smallest absolute Gasteiger partial charge is 0.399 e. The number of allylic oxidation sites excluding steroid dienone is 1. The third kappa shape index (κ3) is 6.95. The quantitative estimate of drug-likeness (QED) is 0.183. The minimum atomic E-state index is -3.34. The maximum Gasteiger partial charge on any atom is 0.495 e. The minimum Gasteiger partial charge on any atom is -0.399 e. The summed E-state index contributed by atoms with van der Waals surface area (Å²) in [6.45, 7) is 7.98. The predicted molar refractivity (Wildman–Crippen MR) is 195 cm³/mol. The molecule has 2 aromatic heterocycles. The summed E-state index contributed by atoms with van der Waals surface area (Å²) >= 11 is 6.86. The van der Waals surface area contributed by atoms with E-state index in [4.69, 9.17) is 9.31 Å². The first kappa shape index (κ1) is 34.7. The zero-order chi connectivity index (χ0) is 33.7. The number of fused-ring (bicyclic) bond motifs is 3. The van der Waals surface area contributed by atoms with Gasteiger partial charge >= 0.3 is 7.12 Å². The van der Waals surface area contributed by atoms with Crippen LogP contribution in [0, 0.1) is 0 Å². The third-order valence-corrected chi connectivity index (χ3v) is 11.8. The Labute approximate surface area is 287 Å². The van der Waals surface area contributed by atoms with Gasteiger partial charge in [0.2, 0.25) is 20.0 Å². The molecule has 0 atom stereocenters. The van der Waals surface area contributed by atoms with Crippen LogP contribution in [0.25, 0.3) is 27.9 Å². The molecule has 0 N–H and O–H groups in total. The Balaban J connectivity index is 0.000000148. The Hall–Kier alpha value is -2.68. The predicted octanol–water partition coefficient (Wildman–Crippen LogP) is 6.98. The van der Waals surface area contributed by atoms with Crippen LogP contribution < -0.4 is 5.46 Å². The van der Waals surface area contributed by atoms with Gasteiger partial charge in [0.1, 0.15) is 0 Å². The zero-order valence-corrected chi connectivity index (χ0v) is 31.2. The SMILES string of the molecule is Brc1cccc2c1C=CC2.CC1(C)OB(c2cccc3c2ccn3S(C)(=O)=O)OC1(C)C.CS(=O)(=O)n1ccc2c(Br)cccc21. The summed E-state index contributed by atoms with van der Waals surface area (Å²) in [5.41, 5.74) is 4.09. The second-order valence-electron chi connectivity index (χ2n) is 12.2. The average molecular weight is 790 g/mol. The summed E-state index contributed by atoms with van der Waals surface area (Å²) in [4.78, 5) is 0. The Kier molecular flexibility index (Phi) is 9.60. The first-order valence-electron chi connectivity index (χ1n) is 14.5. The van der Waals surface area contributed by atoms with Gasteiger partial charge in [-0.2, -0.15) is 0 Å². The van der Waals surface area contributed by atoms with Crippen LogP contribution in [0.3, 0.4) is 0 Å². The lowest BCUT2D eigenvalue weighted by atomic mass is 9.77. The second kappa shape index (κ2) is 12.7. The molecule has 242 valence electrons. The van der Waals surface area contributed by atoms with E-state index in [0.29, 0.717) is 11.0 Å². The van der Waals surface area contributed by atoms with Crippen LogP contribution in [0.1, 0.15) is 38.8 Å². The van der Waals surface area contributed by atoms with Gasteiger partial charge in [-0.25, -0.2) is 24.8 Å². The summed E-state index contributed by atoms with van der Waals surface area (Å²) in [5, 5.41) is 1.73. The highest BCUT2D eigenvalue weighted by molar-refractivity contribution is 9.11. The summed E-state index contributed by atoms with van der Waals surface area (Å²) in [6, 6.07) is 20.9. The molecule has 1 saturated heterocycles. The van der Waals surface area contributed by atoms with Gasteiger partial charge in [0.05, 0.1) is 34.7 Å². The maximum atomic E-state index is 11.8. The summed E-state index contributed by atoms with van der Waals surface area (Å²) < 4.78 is 63.2. The van der Waals surface area contributed by atoms with E-state index in [9.17, 15) is 16.8 Å². The Morgan fingerprint density at radius 3 is 1.76 bits per heavy atom. The molecule has 0 saturated carbocycles. The monoisotopic (exact) mass is 788 g/mol. The molecule has 1 fully saturated rings. The van der Waals surface area contributed by atoms with E-state index in [-0.39, 0.29) is 0 Å².